The lowest BCUT2D eigenvalue weighted by atomic mass is 9.98. The minimum Gasteiger partial charge on any atom is -0.463 e. The van der Waals surface area contributed by atoms with Crippen molar-refractivity contribution in [2.45, 2.75) is 117 Å². The maximum Gasteiger partial charge on any atom is 0.303 e. The van der Waals surface area contributed by atoms with Crippen LogP contribution in [0.25, 0.3) is 0 Å². The summed E-state index contributed by atoms with van der Waals surface area (Å²) in [5.74, 6) is -2.55. The molecule has 1 saturated heterocycles. The Balaban J connectivity index is 2.89. The van der Waals surface area contributed by atoms with Gasteiger partial charge in [0.05, 0.1) is 0 Å². The van der Waals surface area contributed by atoms with Crippen molar-refractivity contribution in [1.29, 1.82) is 0 Å². The summed E-state index contributed by atoms with van der Waals surface area (Å²) >= 11 is 0. The second kappa shape index (κ2) is 16.4. The molecule has 0 unspecified atom stereocenters. The van der Waals surface area contributed by atoms with E-state index in [-0.39, 0.29) is 6.61 Å². The molecule has 1 fully saturated rings. The van der Waals surface area contributed by atoms with Crippen molar-refractivity contribution in [1.82, 2.24) is 0 Å². The molecule has 0 saturated carbocycles. The Bertz CT molecular complexity index is 650. The molecule has 0 N–H and O–H groups in total. The van der Waals surface area contributed by atoms with Gasteiger partial charge in [0.15, 0.2) is 24.6 Å². The Labute approximate surface area is 201 Å². The highest BCUT2D eigenvalue weighted by atomic mass is 16.7. The van der Waals surface area contributed by atoms with Gasteiger partial charge in [-0.15, -0.1) is 0 Å². The van der Waals surface area contributed by atoms with Crippen LogP contribution in [0.15, 0.2) is 0 Å². The summed E-state index contributed by atoms with van der Waals surface area (Å²) in [5.41, 5.74) is 0. The third kappa shape index (κ3) is 11.8. The molecule has 10 heteroatoms. The number of rotatable bonds is 15. The number of esters is 4. The molecule has 1 rings (SSSR count). The van der Waals surface area contributed by atoms with Gasteiger partial charge in [-0.1, -0.05) is 51.9 Å². The van der Waals surface area contributed by atoms with Crippen LogP contribution >= 0.6 is 0 Å². The predicted octanol–water partition coefficient (Wildman–Crippen LogP) is 3.23. The van der Waals surface area contributed by atoms with Crippen molar-refractivity contribution in [3.8, 4) is 0 Å². The lowest BCUT2D eigenvalue weighted by Crippen LogP contribution is -2.63. The molecule has 0 bridgehead atoms. The Morgan fingerprint density at radius 2 is 1.15 bits per heavy atom. The first-order valence-corrected chi connectivity index (χ1v) is 12.1. The fourth-order valence-corrected chi connectivity index (χ4v) is 3.76. The fourth-order valence-electron chi connectivity index (χ4n) is 3.76. The Kier molecular flexibility index (Phi) is 14.4. The Hall–Kier alpha value is -2.20. The van der Waals surface area contributed by atoms with Crippen LogP contribution in [0.3, 0.4) is 0 Å². The van der Waals surface area contributed by atoms with Crippen LogP contribution in [-0.2, 0) is 47.6 Å². The van der Waals surface area contributed by atoms with E-state index >= 15 is 0 Å². The van der Waals surface area contributed by atoms with Crippen molar-refractivity contribution in [2.24, 2.45) is 0 Å². The van der Waals surface area contributed by atoms with Crippen molar-refractivity contribution in [3.05, 3.63) is 0 Å². The lowest BCUT2D eigenvalue weighted by Gasteiger charge is -2.44. The Morgan fingerprint density at radius 3 is 1.68 bits per heavy atom. The third-order valence-corrected chi connectivity index (χ3v) is 5.23. The van der Waals surface area contributed by atoms with Gasteiger partial charge in [0.2, 0.25) is 0 Å². The first-order chi connectivity index (χ1) is 16.1. The maximum atomic E-state index is 11.8. The smallest absolute Gasteiger partial charge is 0.303 e. The quantitative estimate of drug-likeness (QED) is 0.193. The average Bonchev–Trinajstić information content (AvgIpc) is 2.74. The molecule has 10 nitrogen and oxygen atoms in total. The number of ether oxygens (including phenoxy) is 6. The molecule has 1 aliphatic heterocycles. The second-order valence-electron chi connectivity index (χ2n) is 8.41. The minimum atomic E-state index is -1.21. The fraction of sp³-hybridized carbons (Fsp3) is 0.833. The first-order valence-electron chi connectivity index (χ1n) is 12.1. The van der Waals surface area contributed by atoms with E-state index in [4.69, 9.17) is 28.4 Å². The summed E-state index contributed by atoms with van der Waals surface area (Å²) in [6.45, 7) is 7.03. The van der Waals surface area contributed by atoms with Gasteiger partial charge in [0, 0.05) is 34.3 Å². The number of unbranched alkanes of at least 4 members (excludes halogenated alkanes) is 7. The van der Waals surface area contributed by atoms with Gasteiger partial charge in [-0.2, -0.15) is 0 Å². The highest BCUT2D eigenvalue weighted by molar-refractivity contribution is 5.68. The molecule has 0 aromatic heterocycles. The SMILES string of the molecule is CCCCCCCCCCO[C@@H]1O[C@H](COC(C)=O)[C@@H](OC(C)=O)[C@H](OC(C)=O)[C@@H]1OC(C)=O. The Morgan fingerprint density at radius 1 is 0.647 bits per heavy atom. The van der Waals surface area contributed by atoms with E-state index in [0.717, 1.165) is 19.3 Å². The van der Waals surface area contributed by atoms with Crippen LogP contribution in [0.1, 0.15) is 86.0 Å². The summed E-state index contributed by atoms with van der Waals surface area (Å²) in [4.78, 5) is 46.7. The van der Waals surface area contributed by atoms with E-state index in [9.17, 15) is 19.2 Å². The van der Waals surface area contributed by atoms with Crippen molar-refractivity contribution < 1.29 is 47.6 Å². The highest BCUT2D eigenvalue weighted by Gasteiger charge is 2.52. The van der Waals surface area contributed by atoms with E-state index in [1.807, 2.05) is 0 Å². The van der Waals surface area contributed by atoms with Crippen molar-refractivity contribution in [3.63, 3.8) is 0 Å². The minimum absolute atomic E-state index is 0.268. The van der Waals surface area contributed by atoms with E-state index in [0.29, 0.717) is 6.61 Å². The molecule has 0 aromatic rings. The summed E-state index contributed by atoms with van der Waals surface area (Å²) in [6.07, 6.45) is 3.27. The predicted molar refractivity (Wildman–Crippen MR) is 121 cm³/mol. The molecule has 0 radical (unpaired) electrons. The van der Waals surface area contributed by atoms with Gasteiger partial charge in [-0.05, 0) is 6.42 Å². The monoisotopic (exact) mass is 488 g/mol. The molecule has 0 aliphatic carbocycles. The molecule has 0 spiro atoms. The zero-order valence-corrected chi connectivity index (χ0v) is 21.0. The second-order valence-corrected chi connectivity index (χ2v) is 8.41. The van der Waals surface area contributed by atoms with Crippen LogP contribution in [0.2, 0.25) is 0 Å². The number of carbonyl (C=O) groups excluding carboxylic acids is 4. The number of carbonyl (C=O) groups is 4. The van der Waals surface area contributed by atoms with Gasteiger partial charge in [0.25, 0.3) is 0 Å². The average molecular weight is 489 g/mol. The van der Waals surface area contributed by atoms with Crippen LogP contribution < -0.4 is 0 Å². The van der Waals surface area contributed by atoms with Crippen LogP contribution in [0.5, 0.6) is 0 Å². The third-order valence-electron chi connectivity index (χ3n) is 5.23. The maximum absolute atomic E-state index is 11.8. The lowest BCUT2D eigenvalue weighted by molar-refractivity contribution is -0.308. The first kappa shape index (κ1) is 29.8. The normalized spacial score (nSPS) is 24.2. The molecule has 0 aromatic carbocycles. The van der Waals surface area contributed by atoms with E-state index in [1.54, 1.807) is 0 Å². The van der Waals surface area contributed by atoms with Gasteiger partial charge in [-0.25, -0.2) is 0 Å². The number of hydrogen-bond donors (Lipinski definition) is 0. The molecule has 196 valence electrons. The van der Waals surface area contributed by atoms with Gasteiger partial charge >= 0.3 is 23.9 Å². The topological polar surface area (TPSA) is 124 Å². The summed E-state index contributed by atoms with van der Waals surface area (Å²) in [6, 6.07) is 0. The molecular weight excluding hydrogens is 448 g/mol. The van der Waals surface area contributed by atoms with Crippen LogP contribution in [0, 0.1) is 0 Å². The van der Waals surface area contributed by atoms with E-state index in [1.165, 1.54) is 59.8 Å². The molecule has 1 aliphatic rings. The summed E-state index contributed by atoms with van der Waals surface area (Å²) in [7, 11) is 0. The molecule has 1 heterocycles. The van der Waals surface area contributed by atoms with E-state index in [2.05, 4.69) is 6.92 Å². The van der Waals surface area contributed by atoms with Crippen molar-refractivity contribution in [2.75, 3.05) is 13.2 Å². The van der Waals surface area contributed by atoms with Gasteiger partial charge < -0.3 is 28.4 Å². The zero-order chi connectivity index (χ0) is 25.5. The van der Waals surface area contributed by atoms with Gasteiger partial charge in [-0.3, -0.25) is 19.2 Å². The standard InChI is InChI=1S/C24H40O10/c1-6-7-8-9-10-11-12-13-14-29-24-23(33-19(5)28)22(32-18(4)27)21(31-17(3)26)20(34-24)15-30-16(2)25/h20-24H,6-15H2,1-5H3/t20-,21-,22+,23+,24-/m1/s1. The van der Waals surface area contributed by atoms with E-state index < -0.39 is 54.6 Å². The van der Waals surface area contributed by atoms with Crippen molar-refractivity contribution >= 4 is 23.9 Å². The largest absolute Gasteiger partial charge is 0.463 e. The van der Waals surface area contributed by atoms with Crippen LogP contribution in [0.4, 0.5) is 0 Å². The summed E-state index contributed by atoms with van der Waals surface area (Å²) in [5, 5.41) is 0. The molecule has 0 amide bonds. The van der Waals surface area contributed by atoms with Crippen LogP contribution in [-0.4, -0.2) is 67.8 Å². The summed E-state index contributed by atoms with van der Waals surface area (Å²) < 4.78 is 32.9. The number of hydrogen-bond acceptors (Lipinski definition) is 10. The molecule has 34 heavy (non-hydrogen) atoms. The zero-order valence-electron chi connectivity index (χ0n) is 21.0. The van der Waals surface area contributed by atoms with Gasteiger partial charge in [0.1, 0.15) is 12.7 Å². The molecular formula is C24H40O10. The highest BCUT2D eigenvalue weighted by Crippen LogP contribution is 2.30. The molecule has 5 atom stereocenters.